The van der Waals surface area contributed by atoms with Crippen LogP contribution in [0.2, 0.25) is 0 Å². The maximum Gasteiger partial charge on any atom is 0.316 e. The van der Waals surface area contributed by atoms with Gasteiger partial charge in [-0.2, -0.15) is 5.43 Å². The van der Waals surface area contributed by atoms with Crippen LogP contribution in [0.25, 0.3) is 0 Å². The number of rotatable bonds is 3. The van der Waals surface area contributed by atoms with Gasteiger partial charge >= 0.3 is 6.34 Å². The molecule has 0 saturated carbocycles. The average Bonchev–Trinajstić information content (AvgIpc) is 2.33. The lowest BCUT2D eigenvalue weighted by Crippen LogP contribution is -2.32. The molecule has 0 atom stereocenters. The van der Waals surface area contributed by atoms with Gasteiger partial charge in [0, 0.05) is 5.10 Å². The van der Waals surface area contributed by atoms with E-state index in [0.29, 0.717) is 0 Å². The van der Waals surface area contributed by atoms with E-state index in [1.54, 1.807) is 6.34 Å². The number of nitrogens with zero attached hydrogens (tertiary/aromatic N) is 2. The van der Waals surface area contributed by atoms with E-state index in [-0.39, 0.29) is 0 Å². The first-order valence-corrected chi connectivity index (χ1v) is 5.17. The lowest BCUT2D eigenvalue weighted by Gasteiger charge is -1.98. The zero-order valence-corrected chi connectivity index (χ0v) is 9.17. The van der Waals surface area contributed by atoms with Crippen LogP contribution in [0.15, 0.2) is 60.0 Å². The normalized spacial score (nSPS) is 10.6. The highest BCUT2D eigenvalue weighted by molar-refractivity contribution is 5.53. The predicted molar refractivity (Wildman–Crippen MR) is 65.3 cm³/mol. The maximum absolute atomic E-state index is 4.16. The third-order valence-corrected chi connectivity index (χ3v) is 2.26. The van der Waals surface area contributed by atoms with Crippen LogP contribution in [-0.4, -0.2) is 6.34 Å². The van der Waals surface area contributed by atoms with Crippen molar-refractivity contribution in [1.29, 1.82) is 0 Å². The van der Waals surface area contributed by atoms with Gasteiger partial charge in [-0.1, -0.05) is 24.3 Å². The molecule has 2 aromatic rings. The molecule has 1 N–H and O–H groups in total. The zero-order valence-electron chi connectivity index (χ0n) is 9.17. The SMILES string of the molecule is Cc1ccccc1NN=C[n+]1ccccc1. The van der Waals surface area contributed by atoms with E-state index in [0.717, 1.165) is 5.69 Å². The number of hydrogen-bond donors (Lipinski definition) is 1. The average molecular weight is 212 g/mol. The largest absolute Gasteiger partial charge is 0.316 e. The molecule has 3 heteroatoms. The van der Waals surface area contributed by atoms with Crippen molar-refractivity contribution in [3.63, 3.8) is 0 Å². The molecule has 0 unspecified atom stereocenters. The lowest BCUT2D eigenvalue weighted by molar-refractivity contribution is -0.546. The van der Waals surface area contributed by atoms with Gasteiger partial charge in [0.25, 0.3) is 0 Å². The molecular formula is C13H14N3+. The number of nitrogens with one attached hydrogen (secondary N) is 1. The third kappa shape index (κ3) is 2.67. The summed E-state index contributed by atoms with van der Waals surface area (Å²) in [7, 11) is 0. The summed E-state index contributed by atoms with van der Waals surface area (Å²) in [5, 5.41) is 4.16. The van der Waals surface area contributed by atoms with Crippen molar-refractivity contribution >= 4 is 12.0 Å². The molecule has 0 aliphatic carbocycles. The number of benzene rings is 1. The van der Waals surface area contributed by atoms with Crippen LogP contribution in [0.4, 0.5) is 5.69 Å². The van der Waals surface area contributed by atoms with E-state index in [4.69, 9.17) is 0 Å². The van der Waals surface area contributed by atoms with Crippen LogP contribution in [0.5, 0.6) is 0 Å². The summed E-state index contributed by atoms with van der Waals surface area (Å²) < 4.78 is 1.88. The molecule has 0 spiro atoms. The van der Waals surface area contributed by atoms with Crippen LogP contribution in [-0.2, 0) is 0 Å². The van der Waals surface area contributed by atoms with Crippen molar-refractivity contribution in [3.05, 3.63) is 60.4 Å². The summed E-state index contributed by atoms with van der Waals surface area (Å²) in [6.07, 6.45) is 5.60. The molecule has 3 nitrogen and oxygen atoms in total. The number of hydrogen-bond acceptors (Lipinski definition) is 2. The van der Waals surface area contributed by atoms with Gasteiger partial charge in [-0.3, -0.25) is 0 Å². The fourth-order valence-corrected chi connectivity index (χ4v) is 1.35. The molecule has 80 valence electrons. The monoisotopic (exact) mass is 212 g/mol. The minimum atomic E-state index is 1.02. The van der Waals surface area contributed by atoms with Crippen molar-refractivity contribution in [2.24, 2.45) is 5.10 Å². The van der Waals surface area contributed by atoms with E-state index in [1.165, 1.54) is 5.56 Å². The Hall–Kier alpha value is -2.16. The quantitative estimate of drug-likeness (QED) is 0.359. The first-order valence-electron chi connectivity index (χ1n) is 5.17. The Morgan fingerprint density at radius 3 is 2.56 bits per heavy atom. The Bertz CT molecular complexity index is 478. The summed E-state index contributed by atoms with van der Waals surface area (Å²) >= 11 is 0. The number of aromatic nitrogens is 1. The molecule has 16 heavy (non-hydrogen) atoms. The second-order valence-corrected chi connectivity index (χ2v) is 3.49. The summed E-state index contributed by atoms with van der Waals surface area (Å²) in [5.41, 5.74) is 5.21. The molecule has 0 aliphatic rings. The van der Waals surface area contributed by atoms with E-state index >= 15 is 0 Å². The molecule has 0 aliphatic heterocycles. The topological polar surface area (TPSA) is 28.3 Å². The molecular weight excluding hydrogens is 198 g/mol. The van der Waals surface area contributed by atoms with Gasteiger partial charge < -0.3 is 0 Å². The first-order chi connectivity index (χ1) is 7.86. The fourth-order valence-electron chi connectivity index (χ4n) is 1.35. The molecule has 1 heterocycles. The van der Waals surface area contributed by atoms with Crippen LogP contribution >= 0.6 is 0 Å². The number of hydrazone groups is 1. The van der Waals surface area contributed by atoms with E-state index in [1.807, 2.05) is 66.3 Å². The smallest absolute Gasteiger partial charge is 0.208 e. The Morgan fingerprint density at radius 1 is 1.06 bits per heavy atom. The second-order valence-electron chi connectivity index (χ2n) is 3.49. The van der Waals surface area contributed by atoms with Crippen molar-refractivity contribution in [2.75, 3.05) is 5.43 Å². The number of aryl methyl sites for hydroxylation is 1. The standard InChI is InChI=1S/C13H14N3/c1-12-7-3-4-8-13(12)15-14-11-16-9-5-2-6-10-16/h2-11,15H,1H3/q+1. The van der Waals surface area contributed by atoms with Crippen LogP contribution in [0.1, 0.15) is 5.56 Å². The van der Waals surface area contributed by atoms with E-state index < -0.39 is 0 Å². The number of pyridine rings is 1. The fraction of sp³-hybridized carbons (Fsp3) is 0.0769. The van der Waals surface area contributed by atoms with E-state index in [2.05, 4.69) is 10.5 Å². The second kappa shape index (κ2) is 5.07. The van der Waals surface area contributed by atoms with Gasteiger partial charge in [-0.15, -0.1) is 0 Å². The predicted octanol–water partition coefficient (Wildman–Crippen LogP) is 2.19. The molecule has 1 aromatic heterocycles. The summed E-state index contributed by atoms with van der Waals surface area (Å²) in [6.45, 7) is 2.05. The minimum absolute atomic E-state index is 1.02. The number of anilines is 1. The molecule has 0 amide bonds. The molecule has 0 bridgehead atoms. The van der Waals surface area contributed by atoms with Gasteiger partial charge in [0.15, 0.2) is 0 Å². The Balaban J connectivity index is 2.03. The summed E-state index contributed by atoms with van der Waals surface area (Å²) in [4.78, 5) is 0. The highest BCUT2D eigenvalue weighted by atomic mass is 15.3. The van der Waals surface area contributed by atoms with Crippen LogP contribution in [0, 0.1) is 6.92 Å². The highest BCUT2D eigenvalue weighted by Gasteiger charge is 1.96. The zero-order chi connectivity index (χ0) is 11.2. The molecule has 0 radical (unpaired) electrons. The van der Waals surface area contributed by atoms with E-state index in [9.17, 15) is 0 Å². The summed E-state index contributed by atoms with van der Waals surface area (Å²) in [5.74, 6) is 0. The molecule has 0 saturated heterocycles. The van der Waals surface area contributed by atoms with Crippen LogP contribution < -0.4 is 9.99 Å². The van der Waals surface area contributed by atoms with Gasteiger partial charge in [-0.05, 0) is 30.7 Å². The molecule has 0 fully saturated rings. The van der Waals surface area contributed by atoms with Gasteiger partial charge in [-0.25, -0.2) is 4.57 Å². The van der Waals surface area contributed by atoms with Gasteiger partial charge in [0.2, 0.25) is 0 Å². The van der Waals surface area contributed by atoms with Crippen molar-refractivity contribution in [1.82, 2.24) is 0 Å². The first kappa shape index (κ1) is 10.4. The Morgan fingerprint density at radius 2 is 1.81 bits per heavy atom. The van der Waals surface area contributed by atoms with Crippen molar-refractivity contribution in [3.8, 4) is 0 Å². The number of para-hydroxylation sites is 1. The van der Waals surface area contributed by atoms with Crippen LogP contribution in [0.3, 0.4) is 0 Å². The Kier molecular flexibility index (Phi) is 3.28. The van der Waals surface area contributed by atoms with Gasteiger partial charge in [0.05, 0.1) is 18.1 Å². The maximum atomic E-state index is 4.16. The third-order valence-electron chi connectivity index (χ3n) is 2.26. The molecule has 1 aromatic carbocycles. The van der Waals surface area contributed by atoms with Crippen molar-refractivity contribution < 1.29 is 4.57 Å². The minimum Gasteiger partial charge on any atom is -0.208 e. The molecule has 2 rings (SSSR count). The summed E-state index contributed by atoms with van der Waals surface area (Å²) in [6, 6.07) is 13.9. The highest BCUT2D eigenvalue weighted by Crippen LogP contribution is 2.12. The van der Waals surface area contributed by atoms with Crippen molar-refractivity contribution in [2.45, 2.75) is 6.92 Å². The van der Waals surface area contributed by atoms with Gasteiger partial charge in [0.1, 0.15) is 0 Å². The lowest BCUT2D eigenvalue weighted by atomic mass is 10.2. The Labute approximate surface area is 95.1 Å².